The van der Waals surface area contributed by atoms with Gasteiger partial charge in [0.05, 0.1) is 54.7 Å². The van der Waals surface area contributed by atoms with E-state index in [1.165, 1.54) is 4.90 Å². The number of nitrogens with one attached hydrogen (secondary N) is 2. The normalized spacial score (nSPS) is 16.2. The topological polar surface area (TPSA) is 187 Å². The molecule has 2 aromatic carbocycles. The van der Waals surface area contributed by atoms with Crippen molar-refractivity contribution in [2.24, 2.45) is 5.92 Å². The highest BCUT2D eigenvalue weighted by Crippen LogP contribution is 2.34. The average molecular weight is 874 g/mol. The Labute approximate surface area is 368 Å². The van der Waals surface area contributed by atoms with Gasteiger partial charge in [0.2, 0.25) is 17.7 Å². The van der Waals surface area contributed by atoms with Crippen LogP contribution in [-0.4, -0.2) is 105 Å². The minimum absolute atomic E-state index is 0.0399. The largest absolute Gasteiger partial charge is 0.475 e. The number of aromatic nitrogens is 5. The second kappa shape index (κ2) is 19.9. The highest BCUT2D eigenvalue weighted by atomic mass is 32.1. The Hall–Kier alpha value is -6.20. The molecule has 3 N–H and O–H groups in total. The lowest BCUT2D eigenvalue weighted by atomic mass is 9.91. The predicted octanol–water partition coefficient (Wildman–Crippen LogP) is 7.27. The van der Waals surface area contributed by atoms with Crippen molar-refractivity contribution < 1.29 is 38.2 Å². The van der Waals surface area contributed by atoms with E-state index in [4.69, 9.17) is 23.5 Å². The Kier molecular flexibility index (Phi) is 13.7. The first kappa shape index (κ1) is 43.4. The summed E-state index contributed by atoms with van der Waals surface area (Å²) < 4.78 is 28.4. The van der Waals surface area contributed by atoms with Crippen LogP contribution in [0.4, 0.5) is 0 Å². The number of aliphatic hydroxyl groups is 1. The molecule has 1 fully saturated rings. The first-order valence-corrected chi connectivity index (χ1v) is 22.0. The van der Waals surface area contributed by atoms with Crippen LogP contribution in [0.5, 0.6) is 11.8 Å². The number of hydrogen-bond acceptors (Lipinski definition) is 13. The molecule has 0 spiro atoms. The highest BCUT2D eigenvalue weighted by Gasteiger charge is 2.43. The van der Waals surface area contributed by atoms with E-state index in [0.717, 1.165) is 54.6 Å². The molecule has 4 atom stereocenters. The summed E-state index contributed by atoms with van der Waals surface area (Å²) in [4.78, 5) is 46.7. The predicted molar refractivity (Wildman–Crippen MR) is 239 cm³/mol. The van der Waals surface area contributed by atoms with Gasteiger partial charge in [0.25, 0.3) is 5.88 Å². The number of hydrogen-bond donors (Lipinski definition) is 3. The van der Waals surface area contributed by atoms with Crippen LogP contribution in [0.2, 0.25) is 0 Å². The molecule has 6 heterocycles. The van der Waals surface area contributed by atoms with Gasteiger partial charge < -0.3 is 43.8 Å². The Morgan fingerprint density at radius 3 is 2.30 bits per heavy atom. The highest BCUT2D eigenvalue weighted by molar-refractivity contribution is 7.13. The van der Waals surface area contributed by atoms with Crippen LogP contribution >= 0.6 is 11.3 Å². The summed E-state index contributed by atoms with van der Waals surface area (Å²) in [5.74, 6) is -0.531. The average Bonchev–Trinajstić information content (AvgIpc) is 4.10. The molecule has 2 amide bonds. The number of aromatic amines is 1. The molecule has 63 heavy (non-hydrogen) atoms. The lowest BCUT2D eigenvalue weighted by Gasteiger charge is -2.29. The van der Waals surface area contributed by atoms with E-state index >= 15 is 0 Å². The van der Waals surface area contributed by atoms with Crippen molar-refractivity contribution in [2.75, 3.05) is 46.2 Å². The number of amides is 2. The molecule has 0 bridgehead atoms. The number of rotatable bonds is 19. The maximum Gasteiger partial charge on any atom is 0.254 e. The quantitative estimate of drug-likeness (QED) is 0.0692. The molecule has 0 unspecified atom stereocenters. The number of pyridine rings is 2. The third-order valence-corrected chi connectivity index (χ3v) is 12.2. The number of β-amino-alcohol motifs (C(OH)–C–C–N with tert-alkyl or cyclic N) is 1. The molecule has 1 aliphatic heterocycles. The zero-order valence-electron chi connectivity index (χ0n) is 35.7. The molecule has 328 valence electrons. The van der Waals surface area contributed by atoms with Gasteiger partial charge in [0.15, 0.2) is 5.76 Å². The number of benzene rings is 2. The molecule has 0 aliphatic carbocycles. The van der Waals surface area contributed by atoms with E-state index in [9.17, 15) is 14.7 Å². The van der Waals surface area contributed by atoms with Crippen molar-refractivity contribution in [3.05, 3.63) is 108 Å². The fraction of sp³-hybridized carbons (Fsp3) is 0.362. The summed E-state index contributed by atoms with van der Waals surface area (Å²) in [6, 6.07) is 20.5. The van der Waals surface area contributed by atoms with E-state index in [1.807, 2.05) is 81.9 Å². The lowest BCUT2D eigenvalue weighted by molar-refractivity contribution is -0.141. The molecule has 1 saturated heterocycles. The summed E-state index contributed by atoms with van der Waals surface area (Å²) in [6.45, 7) is 9.65. The lowest BCUT2D eigenvalue weighted by Crippen LogP contribution is -2.48. The van der Waals surface area contributed by atoms with E-state index in [2.05, 4.69) is 48.6 Å². The van der Waals surface area contributed by atoms with Crippen LogP contribution in [0.25, 0.3) is 43.4 Å². The van der Waals surface area contributed by atoms with Gasteiger partial charge in [-0.1, -0.05) is 50.2 Å². The number of carbonyl (C=O) groups is 2. The van der Waals surface area contributed by atoms with Crippen molar-refractivity contribution in [1.82, 2.24) is 35.3 Å². The summed E-state index contributed by atoms with van der Waals surface area (Å²) in [7, 11) is 0. The van der Waals surface area contributed by atoms with E-state index in [-0.39, 0.29) is 55.8 Å². The van der Waals surface area contributed by atoms with Crippen molar-refractivity contribution in [1.29, 1.82) is 0 Å². The van der Waals surface area contributed by atoms with Crippen LogP contribution in [0, 0.1) is 12.8 Å². The number of fused-ring (bicyclic) bond motifs is 3. The van der Waals surface area contributed by atoms with Gasteiger partial charge in [-0.3, -0.25) is 14.6 Å². The number of aliphatic hydroxyl groups excluding tert-OH is 1. The SMILES string of the molecule is Cc1ncsc1-c1ccc([C@H](C)NC(=O)[C@@H]2C[C@@H](O)CN2C(=O)[C@@H](c2cc(OCCOCCOCCOc3ccc(-c4ccc5c(c4)[nH]c4ccncc45)cn3)no2)C(C)C)cc1. The van der Waals surface area contributed by atoms with E-state index in [0.29, 0.717) is 38.1 Å². The van der Waals surface area contributed by atoms with Gasteiger partial charge >= 0.3 is 0 Å². The molecule has 1 aliphatic rings. The summed E-state index contributed by atoms with van der Waals surface area (Å²) in [6.07, 6.45) is 4.76. The van der Waals surface area contributed by atoms with Gasteiger partial charge in [0, 0.05) is 71.1 Å². The number of H-pyrrole nitrogens is 1. The maximum atomic E-state index is 14.1. The second-order valence-corrected chi connectivity index (χ2v) is 16.8. The Morgan fingerprint density at radius 2 is 1.59 bits per heavy atom. The minimum atomic E-state index is -0.838. The smallest absolute Gasteiger partial charge is 0.254 e. The molecule has 0 saturated carbocycles. The number of carbonyl (C=O) groups excluding carboxylic acids is 2. The molecule has 0 radical (unpaired) electrons. The number of ether oxygens (including phenoxy) is 4. The molecule has 7 aromatic rings. The van der Waals surface area contributed by atoms with Crippen molar-refractivity contribution in [2.45, 2.75) is 58.2 Å². The van der Waals surface area contributed by atoms with Gasteiger partial charge in [-0.25, -0.2) is 9.97 Å². The van der Waals surface area contributed by atoms with Gasteiger partial charge in [-0.05, 0) is 59.8 Å². The minimum Gasteiger partial charge on any atom is -0.475 e. The standard InChI is InChI=1S/C47H51N7O8S/c1-28(2)44(47(57)54-26-35(55)22-40(54)46(56)51-29(3)31-5-7-32(8-6-31)45-30(4)50-27-63-45)41-23-43(53-62-41)61-20-18-59-16-15-58-17-19-60-42-12-10-34(24-49-42)33-9-11-36-37-25-48-14-13-38(37)52-39(36)21-33/h5-14,21,23-25,27-29,35,40,44,52,55H,15-20,22,26H2,1-4H3,(H,51,56)/t29-,35+,40-,44+/m0/s1. The molecule has 8 rings (SSSR count). The first-order chi connectivity index (χ1) is 30.6. The monoisotopic (exact) mass is 873 g/mol. The Balaban J connectivity index is 0.733. The van der Waals surface area contributed by atoms with Gasteiger partial charge in [-0.15, -0.1) is 11.3 Å². The fourth-order valence-electron chi connectivity index (χ4n) is 7.90. The Bertz CT molecular complexity index is 2630. The molecular weight excluding hydrogens is 823 g/mol. The second-order valence-electron chi connectivity index (χ2n) is 15.9. The number of thiazole rings is 1. The van der Waals surface area contributed by atoms with Crippen molar-refractivity contribution in [3.8, 4) is 33.3 Å². The summed E-state index contributed by atoms with van der Waals surface area (Å²) in [5.41, 5.74) is 8.93. The van der Waals surface area contributed by atoms with Crippen LogP contribution < -0.4 is 14.8 Å². The number of nitrogens with zero attached hydrogens (tertiary/aromatic N) is 5. The maximum absolute atomic E-state index is 14.1. The summed E-state index contributed by atoms with van der Waals surface area (Å²) in [5, 5.41) is 19.9. The third-order valence-electron chi connectivity index (χ3n) is 11.2. The Morgan fingerprint density at radius 1 is 0.857 bits per heavy atom. The summed E-state index contributed by atoms with van der Waals surface area (Å²) >= 11 is 1.59. The van der Waals surface area contributed by atoms with Crippen LogP contribution in [0.1, 0.15) is 56.2 Å². The molecule has 16 heteroatoms. The zero-order chi connectivity index (χ0) is 43.9. The molecular formula is C47H51N7O8S. The van der Waals surface area contributed by atoms with Crippen LogP contribution in [0.3, 0.4) is 0 Å². The fourth-order valence-corrected chi connectivity index (χ4v) is 8.71. The van der Waals surface area contributed by atoms with E-state index in [1.54, 1.807) is 29.8 Å². The van der Waals surface area contributed by atoms with Gasteiger partial charge in [0.1, 0.15) is 25.2 Å². The molecule has 5 aromatic heterocycles. The van der Waals surface area contributed by atoms with Crippen LogP contribution in [-0.2, 0) is 19.1 Å². The van der Waals surface area contributed by atoms with Gasteiger partial charge in [-0.2, -0.15) is 0 Å². The van der Waals surface area contributed by atoms with Crippen molar-refractivity contribution >= 4 is 45.0 Å². The van der Waals surface area contributed by atoms with E-state index < -0.39 is 18.1 Å². The first-order valence-electron chi connectivity index (χ1n) is 21.1. The molecule has 15 nitrogen and oxygen atoms in total. The zero-order valence-corrected chi connectivity index (χ0v) is 36.5. The third kappa shape index (κ3) is 10.2. The number of aryl methyl sites for hydroxylation is 1. The van der Waals surface area contributed by atoms with Crippen LogP contribution in [0.15, 0.2) is 95.4 Å². The van der Waals surface area contributed by atoms with Crippen molar-refractivity contribution in [3.63, 3.8) is 0 Å². The number of likely N-dealkylation sites (tertiary alicyclic amines) is 1.